The fourth-order valence-electron chi connectivity index (χ4n) is 1.95. The second kappa shape index (κ2) is 5.19. The van der Waals surface area contributed by atoms with Crippen molar-refractivity contribution < 1.29 is 0 Å². The van der Waals surface area contributed by atoms with E-state index in [0.717, 1.165) is 13.1 Å². The first-order valence-corrected chi connectivity index (χ1v) is 6.70. The zero-order valence-corrected chi connectivity index (χ0v) is 9.83. The van der Waals surface area contributed by atoms with Crippen LogP contribution in [0.5, 0.6) is 0 Å². The standard InChI is InChI=1S/C11H20N2S/c1-10(11-7-12-8-11)9-13-3-2-5-14-6-4-13/h12H,2-9H2,1H3. The van der Waals surface area contributed by atoms with E-state index in [4.69, 9.17) is 0 Å². The van der Waals surface area contributed by atoms with Crippen molar-refractivity contribution >= 4 is 11.8 Å². The fraction of sp³-hybridized carbons (Fsp3) is 0.818. The van der Waals surface area contributed by atoms with Crippen LogP contribution < -0.4 is 5.32 Å². The average molecular weight is 212 g/mol. The second-order valence-corrected chi connectivity index (χ2v) is 5.45. The molecule has 0 unspecified atom stereocenters. The summed E-state index contributed by atoms with van der Waals surface area (Å²) in [6.45, 7) is 8.35. The van der Waals surface area contributed by atoms with Gasteiger partial charge >= 0.3 is 0 Å². The minimum Gasteiger partial charge on any atom is -0.309 e. The molecular weight excluding hydrogens is 192 g/mol. The van der Waals surface area contributed by atoms with E-state index in [9.17, 15) is 0 Å². The highest BCUT2D eigenvalue weighted by molar-refractivity contribution is 7.99. The van der Waals surface area contributed by atoms with Crippen LogP contribution in [-0.4, -0.2) is 49.1 Å². The van der Waals surface area contributed by atoms with Crippen molar-refractivity contribution in [2.24, 2.45) is 0 Å². The first kappa shape index (κ1) is 10.5. The van der Waals surface area contributed by atoms with E-state index in [0.29, 0.717) is 0 Å². The molecule has 2 rings (SSSR count). The van der Waals surface area contributed by atoms with Crippen LogP contribution in [0.3, 0.4) is 0 Å². The van der Waals surface area contributed by atoms with E-state index in [1.54, 1.807) is 11.1 Å². The summed E-state index contributed by atoms with van der Waals surface area (Å²) in [5.41, 5.74) is 3.25. The lowest BCUT2D eigenvalue weighted by Crippen LogP contribution is -2.37. The lowest BCUT2D eigenvalue weighted by atomic mass is 10.0. The maximum atomic E-state index is 3.31. The van der Waals surface area contributed by atoms with Gasteiger partial charge in [-0.2, -0.15) is 11.8 Å². The van der Waals surface area contributed by atoms with Crippen molar-refractivity contribution in [3.8, 4) is 0 Å². The summed E-state index contributed by atoms with van der Waals surface area (Å²) in [6.07, 6.45) is 1.37. The minimum atomic E-state index is 1.13. The van der Waals surface area contributed by atoms with Crippen molar-refractivity contribution in [1.82, 2.24) is 10.2 Å². The monoisotopic (exact) mass is 212 g/mol. The number of nitrogens with zero attached hydrogens (tertiary/aromatic N) is 1. The Kier molecular flexibility index (Phi) is 3.90. The van der Waals surface area contributed by atoms with Crippen LogP contribution >= 0.6 is 11.8 Å². The molecule has 0 amide bonds. The van der Waals surface area contributed by atoms with Gasteiger partial charge in [0, 0.05) is 31.9 Å². The van der Waals surface area contributed by atoms with Crippen LogP contribution in [0.4, 0.5) is 0 Å². The maximum absolute atomic E-state index is 3.31. The number of nitrogens with one attached hydrogen (secondary N) is 1. The first-order valence-electron chi connectivity index (χ1n) is 5.54. The van der Waals surface area contributed by atoms with E-state index < -0.39 is 0 Å². The summed E-state index contributed by atoms with van der Waals surface area (Å²) in [4.78, 5) is 2.61. The van der Waals surface area contributed by atoms with Crippen LogP contribution in [0.15, 0.2) is 11.1 Å². The third kappa shape index (κ3) is 2.75. The zero-order valence-electron chi connectivity index (χ0n) is 9.01. The summed E-state index contributed by atoms with van der Waals surface area (Å²) in [6, 6.07) is 0. The van der Waals surface area contributed by atoms with Gasteiger partial charge in [-0.05, 0) is 31.2 Å². The molecule has 0 bridgehead atoms. The smallest absolute Gasteiger partial charge is 0.0194 e. The topological polar surface area (TPSA) is 15.3 Å². The van der Waals surface area contributed by atoms with Crippen LogP contribution in [0, 0.1) is 0 Å². The Morgan fingerprint density at radius 2 is 2.21 bits per heavy atom. The summed E-state index contributed by atoms with van der Waals surface area (Å²) < 4.78 is 0. The Balaban J connectivity index is 1.82. The average Bonchev–Trinajstić information content (AvgIpc) is 2.29. The SMILES string of the molecule is CC(CN1CCCSCC1)=C1CNC1. The molecule has 0 saturated carbocycles. The van der Waals surface area contributed by atoms with E-state index in [1.807, 2.05) is 0 Å². The molecule has 2 aliphatic rings. The molecule has 0 radical (unpaired) electrons. The van der Waals surface area contributed by atoms with E-state index >= 15 is 0 Å². The first-order chi connectivity index (χ1) is 6.86. The highest BCUT2D eigenvalue weighted by Crippen LogP contribution is 2.14. The van der Waals surface area contributed by atoms with Crippen LogP contribution in [0.2, 0.25) is 0 Å². The van der Waals surface area contributed by atoms with Gasteiger partial charge in [-0.3, -0.25) is 4.90 Å². The molecule has 1 N–H and O–H groups in total. The molecule has 2 heterocycles. The third-order valence-electron chi connectivity index (χ3n) is 3.06. The van der Waals surface area contributed by atoms with E-state index in [-0.39, 0.29) is 0 Å². The molecule has 0 aromatic carbocycles. The van der Waals surface area contributed by atoms with Crippen LogP contribution in [0.1, 0.15) is 13.3 Å². The van der Waals surface area contributed by atoms with Gasteiger partial charge in [0.15, 0.2) is 0 Å². The van der Waals surface area contributed by atoms with Gasteiger partial charge in [-0.25, -0.2) is 0 Å². The molecule has 0 aromatic heterocycles. The van der Waals surface area contributed by atoms with E-state index in [2.05, 4.69) is 28.9 Å². The molecular formula is C11H20N2S. The predicted molar refractivity (Wildman–Crippen MR) is 64.0 cm³/mol. The van der Waals surface area contributed by atoms with E-state index in [1.165, 1.54) is 37.6 Å². The molecule has 0 spiro atoms. The van der Waals surface area contributed by atoms with Crippen molar-refractivity contribution in [3.05, 3.63) is 11.1 Å². The maximum Gasteiger partial charge on any atom is 0.0194 e. The summed E-state index contributed by atoms with van der Waals surface area (Å²) in [5, 5.41) is 3.31. The quantitative estimate of drug-likeness (QED) is 0.696. The van der Waals surface area contributed by atoms with Crippen molar-refractivity contribution in [2.75, 3.05) is 44.2 Å². The van der Waals surface area contributed by atoms with Gasteiger partial charge < -0.3 is 5.32 Å². The zero-order chi connectivity index (χ0) is 9.80. The van der Waals surface area contributed by atoms with Crippen molar-refractivity contribution in [3.63, 3.8) is 0 Å². The highest BCUT2D eigenvalue weighted by atomic mass is 32.2. The third-order valence-corrected chi connectivity index (χ3v) is 4.10. The Morgan fingerprint density at radius 3 is 2.93 bits per heavy atom. The van der Waals surface area contributed by atoms with Crippen molar-refractivity contribution in [1.29, 1.82) is 0 Å². The van der Waals surface area contributed by atoms with Crippen molar-refractivity contribution in [2.45, 2.75) is 13.3 Å². The van der Waals surface area contributed by atoms with Gasteiger partial charge in [-0.15, -0.1) is 0 Å². The fourth-order valence-corrected chi connectivity index (χ4v) is 2.88. The highest BCUT2D eigenvalue weighted by Gasteiger charge is 2.14. The number of hydrogen-bond acceptors (Lipinski definition) is 3. The Bertz CT molecular complexity index is 211. The minimum absolute atomic E-state index is 1.13. The molecule has 2 saturated heterocycles. The van der Waals surface area contributed by atoms with Gasteiger partial charge in [0.1, 0.15) is 0 Å². The lowest BCUT2D eigenvalue weighted by Gasteiger charge is -2.26. The summed E-state index contributed by atoms with van der Waals surface area (Å²) >= 11 is 2.10. The number of thioether (sulfide) groups is 1. The molecule has 3 heteroatoms. The Labute approximate surface area is 91.1 Å². The molecule has 80 valence electrons. The lowest BCUT2D eigenvalue weighted by molar-refractivity contribution is 0.318. The Hall–Kier alpha value is 0.01000. The molecule has 0 aromatic rings. The van der Waals surface area contributed by atoms with Gasteiger partial charge in [-0.1, -0.05) is 5.57 Å². The Morgan fingerprint density at radius 1 is 1.36 bits per heavy atom. The molecule has 2 aliphatic heterocycles. The molecule has 0 atom stereocenters. The predicted octanol–water partition coefficient (Wildman–Crippen LogP) is 1.34. The number of rotatable bonds is 2. The molecule has 2 fully saturated rings. The molecule has 14 heavy (non-hydrogen) atoms. The summed E-state index contributed by atoms with van der Waals surface area (Å²) in [7, 11) is 0. The van der Waals surface area contributed by atoms with Gasteiger partial charge in [0.2, 0.25) is 0 Å². The van der Waals surface area contributed by atoms with Crippen LogP contribution in [-0.2, 0) is 0 Å². The second-order valence-electron chi connectivity index (χ2n) is 4.23. The normalized spacial score (nSPS) is 24.2. The molecule has 2 nitrogen and oxygen atoms in total. The largest absolute Gasteiger partial charge is 0.309 e. The summed E-state index contributed by atoms with van der Waals surface area (Å²) in [5.74, 6) is 2.68. The van der Waals surface area contributed by atoms with Gasteiger partial charge in [0.05, 0.1) is 0 Å². The van der Waals surface area contributed by atoms with Crippen LogP contribution in [0.25, 0.3) is 0 Å². The number of hydrogen-bond donors (Lipinski definition) is 1. The van der Waals surface area contributed by atoms with Gasteiger partial charge in [0.25, 0.3) is 0 Å². The molecule has 0 aliphatic carbocycles.